The zero-order valence-electron chi connectivity index (χ0n) is 9.77. The number of hydrogen-bond acceptors (Lipinski definition) is 4. The smallest absolute Gasteiger partial charge is 0.352 e. The zero-order valence-corrected chi connectivity index (χ0v) is 10.5. The quantitative estimate of drug-likeness (QED) is 0.668. The lowest BCUT2D eigenvalue weighted by Gasteiger charge is -2.02. The standard InChI is InChI=1S/C13H6ClNO5/c14-5-1-2-9-6(3-5)11(17)10-12(20-9)8(16)4-7(15-10)13(18)19/h1-4H,(H,15,16)(H,18,19). The third-order valence-corrected chi connectivity index (χ3v) is 3.08. The van der Waals surface area contributed by atoms with E-state index in [9.17, 15) is 14.4 Å². The number of nitrogens with one attached hydrogen (secondary N) is 1. The Morgan fingerprint density at radius 2 is 2.00 bits per heavy atom. The van der Waals surface area contributed by atoms with Crippen molar-refractivity contribution in [3.05, 3.63) is 55.4 Å². The lowest BCUT2D eigenvalue weighted by molar-refractivity contribution is 0.0691. The maximum absolute atomic E-state index is 12.3. The maximum atomic E-state index is 12.3. The van der Waals surface area contributed by atoms with Crippen LogP contribution in [0.25, 0.3) is 22.1 Å². The number of rotatable bonds is 1. The molecule has 3 rings (SSSR count). The molecule has 0 spiro atoms. The fourth-order valence-corrected chi connectivity index (χ4v) is 2.11. The van der Waals surface area contributed by atoms with Crippen molar-refractivity contribution in [2.45, 2.75) is 0 Å². The van der Waals surface area contributed by atoms with Crippen molar-refractivity contribution in [2.24, 2.45) is 0 Å². The summed E-state index contributed by atoms with van der Waals surface area (Å²) in [6.45, 7) is 0. The second kappa shape index (κ2) is 4.21. The van der Waals surface area contributed by atoms with Crippen LogP contribution < -0.4 is 10.9 Å². The Kier molecular flexibility index (Phi) is 2.62. The van der Waals surface area contributed by atoms with Crippen molar-refractivity contribution < 1.29 is 14.3 Å². The molecular formula is C13H6ClNO5. The van der Waals surface area contributed by atoms with Gasteiger partial charge >= 0.3 is 5.97 Å². The number of aromatic nitrogens is 1. The molecule has 0 unspecified atom stereocenters. The molecule has 0 fully saturated rings. The molecule has 100 valence electrons. The number of aromatic carboxylic acids is 1. The molecule has 7 heteroatoms. The summed E-state index contributed by atoms with van der Waals surface area (Å²) < 4.78 is 5.35. The lowest BCUT2D eigenvalue weighted by Crippen LogP contribution is -2.15. The number of carbonyl (C=O) groups is 1. The van der Waals surface area contributed by atoms with Gasteiger partial charge in [-0.1, -0.05) is 11.6 Å². The van der Waals surface area contributed by atoms with Gasteiger partial charge in [0.25, 0.3) is 0 Å². The molecular weight excluding hydrogens is 286 g/mol. The number of carboxylic acids is 1. The minimum atomic E-state index is -1.34. The molecule has 0 radical (unpaired) electrons. The van der Waals surface area contributed by atoms with Gasteiger partial charge in [0.2, 0.25) is 16.4 Å². The van der Waals surface area contributed by atoms with Crippen molar-refractivity contribution >= 4 is 39.6 Å². The van der Waals surface area contributed by atoms with E-state index in [1.165, 1.54) is 18.2 Å². The zero-order chi connectivity index (χ0) is 14.4. The lowest BCUT2D eigenvalue weighted by atomic mass is 10.2. The van der Waals surface area contributed by atoms with E-state index >= 15 is 0 Å². The summed E-state index contributed by atoms with van der Waals surface area (Å²) in [7, 11) is 0. The maximum Gasteiger partial charge on any atom is 0.352 e. The Labute approximate surface area is 115 Å². The Balaban J connectivity index is 2.57. The average Bonchev–Trinajstić information content (AvgIpc) is 2.40. The van der Waals surface area contributed by atoms with Crippen LogP contribution >= 0.6 is 11.6 Å². The van der Waals surface area contributed by atoms with Crippen molar-refractivity contribution in [1.29, 1.82) is 0 Å². The number of carboxylic acid groups (broad SMARTS) is 1. The largest absolute Gasteiger partial charge is 0.477 e. The average molecular weight is 292 g/mol. The van der Waals surface area contributed by atoms with Gasteiger partial charge in [-0.3, -0.25) is 9.59 Å². The van der Waals surface area contributed by atoms with Crippen molar-refractivity contribution in [3.8, 4) is 0 Å². The Bertz CT molecular complexity index is 986. The number of aromatic amines is 1. The van der Waals surface area contributed by atoms with Crippen LogP contribution in [0.3, 0.4) is 0 Å². The van der Waals surface area contributed by atoms with Crippen LogP contribution in [0, 0.1) is 0 Å². The van der Waals surface area contributed by atoms with Gasteiger partial charge < -0.3 is 14.5 Å². The molecule has 0 aliphatic rings. The van der Waals surface area contributed by atoms with Crippen LogP contribution in [0.15, 0.2) is 38.3 Å². The summed E-state index contributed by atoms with van der Waals surface area (Å²) in [5.74, 6) is -1.34. The minimum absolute atomic E-state index is 0.170. The molecule has 0 saturated heterocycles. The molecule has 2 heterocycles. The molecule has 20 heavy (non-hydrogen) atoms. The van der Waals surface area contributed by atoms with Gasteiger partial charge in [-0.15, -0.1) is 0 Å². The van der Waals surface area contributed by atoms with Crippen LogP contribution in [0.1, 0.15) is 10.5 Å². The minimum Gasteiger partial charge on any atom is -0.477 e. The summed E-state index contributed by atoms with van der Waals surface area (Å²) in [4.78, 5) is 37.4. The van der Waals surface area contributed by atoms with Crippen LogP contribution in [-0.4, -0.2) is 16.1 Å². The predicted molar refractivity (Wildman–Crippen MR) is 72.6 cm³/mol. The van der Waals surface area contributed by atoms with Crippen molar-refractivity contribution in [1.82, 2.24) is 4.98 Å². The SMILES string of the molecule is O=C(O)c1cc(=O)c2oc3ccc(Cl)cc3c(=O)c2[nH]1. The van der Waals surface area contributed by atoms with Gasteiger partial charge in [0.05, 0.1) is 5.39 Å². The molecule has 1 aromatic carbocycles. The first-order valence-corrected chi connectivity index (χ1v) is 5.88. The molecule has 2 N–H and O–H groups in total. The number of hydrogen-bond donors (Lipinski definition) is 2. The van der Waals surface area contributed by atoms with E-state index in [4.69, 9.17) is 21.1 Å². The molecule has 0 saturated carbocycles. The Morgan fingerprint density at radius 3 is 2.70 bits per heavy atom. The van der Waals surface area contributed by atoms with Crippen molar-refractivity contribution in [3.63, 3.8) is 0 Å². The Hall–Kier alpha value is -2.60. The highest BCUT2D eigenvalue weighted by atomic mass is 35.5. The van der Waals surface area contributed by atoms with Crippen molar-refractivity contribution in [2.75, 3.05) is 0 Å². The van der Waals surface area contributed by atoms with E-state index in [0.29, 0.717) is 5.02 Å². The highest BCUT2D eigenvalue weighted by molar-refractivity contribution is 6.31. The number of pyridine rings is 1. The number of benzene rings is 1. The second-order valence-electron chi connectivity index (χ2n) is 4.13. The van der Waals surface area contributed by atoms with Crippen LogP contribution in [0.4, 0.5) is 0 Å². The first kappa shape index (κ1) is 12.4. The third kappa shape index (κ3) is 1.78. The molecule has 0 atom stereocenters. The molecule has 3 aromatic rings. The summed E-state index contributed by atoms with van der Waals surface area (Å²) in [6.07, 6.45) is 0. The van der Waals surface area contributed by atoms with Gasteiger partial charge in [0.1, 0.15) is 16.8 Å². The highest BCUT2D eigenvalue weighted by Gasteiger charge is 2.14. The monoisotopic (exact) mass is 291 g/mol. The highest BCUT2D eigenvalue weighted by Crippen LogP contribution is 2.19. The molecule has 2 aromatic heterocycles. The van der Waals surface area contributed by atoms with Gasteiger partial charge in [0.15, 0.2) is 0 Å². The Morgan fingerprint density at radius 1 is 1.25 bits per heavy atom. The predicted octanol–water partition coefficient (Wildman–Crippen LogP) is 1.99. The fraction of sp³-hybridized carbons (Fsp3) is 0. The molecule has 0 aliphatic carbocycles. The molecule has 0 amide bonds. The van der Waals surface area contributed by atoms with Gasteiger partial charge in [-0.05, 0) is 18.2 Å². The van der Waals surface area contributed by atoms with E-state index in [2.05, 4.69) is 4.98 Å². The van der Waals surface area contributed by atoms with E-state index in [1.807, 2.05) is 0 Å². The summed E-state index contributed by atoms with van der Waals surface area (Å²) >= 11 is 5.81. The first-order chi connectivity index (χ1) is 9.47. The molecule has 6 nitrogen and oxygen atoms in total. The summed E-state index contributed by atoms with van der Waals surface area (Å²) in [6, 6.07) is 5.27. The van der Waals surface area contributed by atoms with E-state index < -0.39 is 16.8 Å². The normalized spacial score (nSPS) is 11.1. The van der Waals surface area contributed by atoms with Gasteiger partial charge in [-0.2, -0.15) is 0 Å². The second-order valence-corrected chi connectivity index (χ2v) is 4.56. The summed E-state index contributed by atoms with van der Waals surface area (Å²) in [5, 5.41) is 9.40. The first-order valence-electron chi connectivity index (χ1n) is 5.50. The van der Waals surface area contributed by atoms with E-state index in [0.717, 1.165) is 6.07 Å². The number of H-pyrrole nitrogens is 1. The van der Waals surface area contributed by atoms with Crippen LogP contribution in [0.5, 0.6) is 0 Å². The number of fused-ring (bicyclic) bond motifs is 2. The van der Waals surface area contributed by atoms with Gasteiger partial charge in [0, 0.05) is 11.1 Å². The van der Waals surface area contributed by atoms with Gasteiger partial charge in [-0.25, -0.2) is 4.79 Å². The molecule has 0 aliphatic heterocycles. The third-order valence-electron chi connectivity index (χ3n) is 2.84. The summed E-state index contributed by atoms with van der Waals surface area (Å²) in [5.41, 5.74) is -1.79. The van der Waals surface area contributed by atoms with E-state index in [1.54, 1.807) is 0 Å². The molecule has 0 bridgehead atoms. The number of halogens is 1. The van der Waals surface area contributed by atoms with Crippen LogP contribution in [-0.2, 0) is 0 Å². The van der Waals surface area contributed by atoms with Crippen LogP contribution in [0.2, 0.25) is 5.02 Å². The fourth-order valence-electron chi connectivity index (χ4n) is 1.94. The topological polar surface area (TPSA) is 100 Å². The van der Waals surface area contributed by atoms with E-state index in [-0.39, 0.29) is 27.8 Å².